The molecule has 3 rings (SSSR count). The number of nitrogens with zero attached hydrogens (tertiary/aromatic N) is 2. The monoisotopic (exact) mass is 378 g/mol. The maximum absolute atomic E-state index is 12.6. The van der Waals surface area contributed by atoms with Gasteiger partial charge in [0.15, 0.2) is 0 Å². The zero-order valence-corrected chi connectivity index (χ0v) is 16.0. The summed E-state index contributed by atoms with van der Waals surface area (Å²) >= 11 is 0. The van der Waals surface area contributed by atoms with Gasteiger partial charge in [0.05, 0.1) is 6.26 Å². The van der Waals surface area contributed by atoms with Crippen LogP contribution in [-0.4, -0.2) is 62.6 Å². The van der Waals surface area contributed by atoms with Crippen LogP contribution in [0.3, 0.4) is 0 Å². The summed E-state index contributed by atoms with van der Waals surface area (Å²) in [6, 6.07) is 6.94. The summed E-state index contributed by atoms with van der Waals surface area (Å²) in [5.41, 5.74) is 0.828. The molecule has 26 heavy (non-hydrogen) atoms. The van der Waals surface area contributed by atoms with Gasteiger partial charge in [0, 0.05) is 25.2 Å². The fourth-order valence-electron chi connectivity index (χ4n) is 3.65. The van der Waals surface area contributed by atoms with Gasteiger partial charge in [-0.2, -0.15) is 8.42 Å². The molecule has 142 valence electrons. The lowest BCUT2D eigenvalue weighted by atomic mass is 10.2. The first-order chi connectivity index (χ1) is 12.4. The van der Waals surface area contributed by atoms with Crippen molar-refractivity contribution in [3.05, 3.63) is 35.9 Å². The Kier molecular flexibility index (Phi) is 5.98. The van der Waals surface area contributed by atoms with E-state index in [0.717, 1.165) is 50.8 Å². The van der Waals surface area contributed by atoms with Crippen molar-refractivity contribution in [3.8, 4) is 5.75 Å². The van der Waals surface area contributed by atoms with Crippen LogP contribution in [-0.2, 0) is 14.9 Å². The average Bonchev–Trinajstić information content (AvgIpc) is 3.25. The summed E-state index contributed by atoms with van der Waals surface area (Å²) in [6.45, 7) is 4.10. The van der Waals surface area contributed by atoms with Gasteiger partial charge in [-0.1, -0.05) is 12.1 Å². The summed E-state index contributed by atoms with van der Waals surface area (Å²) < 4.78 is 27.0. The largest absolute Gasteiger partial charge is 0.383 e. The van der Waals surface area contributed by atoms with Crippen molar-refractivity contribution < 1.29 is 17.4 Å². The van der Waals surface area contributed by atoms with Crippen LogP contribution in [0.2, 0.25) is 0 Å². The van der Waals surface area contributed by atoms with Crippen molar-refractivity contribution in [2.24, 2.45) is 0 Å². The molecule has 2 heterocycles. The Morgan fingerprint density at radius 2 is 1.85 bits per heavy atom. The summed E-state index contributed by atoms with van der Waals surface area (Å²) in [4.78, 5) is 17.0. The molecule has 0 N–H and O–H groups in total. The SMILES string of the molecule is CS(=O)(=O)Oc1ccc(C=CC(=O)N2CCCC2CN2CCCC2)cc1. The highest BCUT2D eigenvalue weighted by molar-refractivity contribution is 7.86. The smallest absolute Gasteiger partial charge is 0.306 e. The molecule has 2 saturated heterocycles. The fourth-order valence-corrected chi connectivity index (χ4v) is 4.11. The van der Waals surface area contributed by atoms with Crippen LogP contribution in [0, 0.1) is 0 Å². The third kappa shape index (κ3) is 5.32. The van der Waals surface area contributed by atoms with E-state index in [-0.39, 0.29) is 11.7 Å². The Labute approximate surface area is 155 Å². The van der Waals surface area contributed by atoms with Gasteiger partial charge in [0.2, 0.25) is 5.91 Å². The molecule has 7 heteroatoms. The summed E-state index contributed by atoms with van der Waals surface area (Å²) in [6.07, 6.45) is 9.04. The lowest BCUT2D eigenvalue weighted by molar-refractivity contribution is -0.127. The molecule has 2 fully saturated rings. The van der Waals surface area contributed by atoms with E-state index in [1.54, 1.807) is 36.4 Å². The van der Waals surface area contributed by atoms with Crippen LogP contribution < -0.4 is 4.18 Å². The third-order valence-electron chi connectivity index (χ3n) is 4.87. The number of likely N-dealkylation sites (tertiary alicyclic amines) is 2. The lowest BCUT2D eigenvalue weighted by Crippen LogP contribution is -2.41. The fraction of sp³-hybridized carbons (Fsp3) is 0.526. The molecule has 2 aliphatic rings. The molecule has 1 unspecified atom stereocenters. The molecule has 0 aliphatic carbocycles. The molecule has 1 aromatic rings. The molecular formula is C19H26N2O4S. The van der Waals surface area contributed by atoms with E-state index in [2.05, 4.69) is 4.90 Å². The molecular weight excluding hydrogens is 352 g/mol. The molecule has 0 aromatic heterocycles. The number of amides is 1. The summed E-state index contributed by atoms with van der Waals surface area (Å²) in [5, 5.41) is 0. The van der Waals surface area contributed by atoms with E-state index in [1.807, 2.05) is 4.90 Å². The number of hydrogen-bond donors (Lipinski definition) is 0. The Bertz CT molecular complexity index is 752. The number of rotatable bonds is 6. The Morgan fingerprint density at radius 1 is 1.15 bits per heavy atom. The maximum Gasteiger partial charge on any atom is 0.306 e. The second kappa shape index (κ2) is 8.22. The number of hydrogen-bond acceptors (Lipinski definition) is 5. The van der Waals surface area contributed by atoms with Gasteiger partial charge in [-0.05, 0) is 62.5 Å². The van der Waals surface area contributed by atoms with Crippen LogP contribution in [0.5, 0.6) is 5.75 Å². The maximum atomic E-state index is 12.6. The number of carbonyl (C=O) groups excluding carboxylic acids is 1. The van der Waals surface area contributed by atoms with E-state index >= 15 is 0 Å². The third-order valence-corrected chi connectivity index (χ3v) is 5.37. The first kappa shape index (κ1) is 18.9. The summed E-state index contributed by atoms with van der Waals surface area (Å²) in [5.74, 6) is 0.310. The van der Waals surface area contributed by atoms with E-state index in [4.69, 9.17) is 4.18 Å². The van der Waals surface area contributed by atoms with Gasteiger partial charge >= 0.3 is 10.1 Å². The van der Waals surface area contributed by atoms with Crippen LogP contribution in [0.1, 0.15) is 31.2 Å². The van der Waals surface area contributed by atoms with E-state index in [1.165, 1.54) is 12.8 Å². The highest BCUT2D eigenvalue weighted by Crippen LogP contribution is 2.21. The lowest BCUT2D eigenvalue weighted by Gasteiger charge is -2.27. The highest BCUT2D eigenvalue weighted by atomic mass is 32.2. The van der Waals surface area contributed by atoms with Gasteiger partial charge in [-0.15, -0.1) is 0 Å². The topological polar surface area (TPSA) is 66.9 Å². The molecule has 6 nitrogen and oxygen atoms in total. The van der Waals surface area contributed by atoms with Crippen molar-refractivity contribution in [1.29, 1.82) is 0 Å². The van der Waals surface area contributed by atoms with Crippen molar-refractivity contribution in [1.82, 2.24) is 9.80 Å². The first-order valence-corrected chi connectivity index (χ1v) is 10.9. The van der Waals surface area contributed by atoms with Crippen LogP contribution in [0.4, 0.5) is 0 Å². The Morgan fingerprint density at radius 3 is 2.50 bits per heavy atom. The zero-order chi connectivity index (χ0) is 18.6. The quantitative estimate of drug-likeness (QED) is 0.560. The van der Waals surface area contributed by atoms with Gasteiger partial charge in [-0.3, -0.25) is 4.79 Å². The first-order valence-electron chi connectivity index (χ1n) is 9.11. The van der Waals surface area contributed by atoms with Crippen molar-refractivity contribution >= 4 is 22.1 Å². The Balaban J connectivity index is 1.57. The second-order valence-electron chi connectivity index (χ2n) is 7.03. The van der Waals surface area contributed by atoms with Crippen molar-refractivity contribution in [3.63, 3.8) is 0 Å². The minimum atomic E-state index is -3.53. The van der Waals surface area contributed by atoms with Crippen LogP contribution in [0.25, 0.3) is 6.08 Å². The standard InChI is InChI=1S/C19H26N2O4S/c1-26(23,24)25-18-9-6-16(7-10-18)8-11-19(22)21-14-4-5-17(21)15-20-12-2-3-13-20/h6-11,17H,2-5,12-15H2,1H3. The predicted molar refractivity (Wildman–Crippen MR) is 101 cm³/mol. The average molecular weight is 378 g/mol. The van der Waals surface area contributed by atoms with Crippen molar-refractivity contribution in [2.45, 2.75) is 31.7 Å². The predicted octanol–water partition coefficient (Wildman–Crippen LogP) is 2.12. The number of benzene rings is 1. The molecule has 0 saturated carbocycles. The van der Waals surface area contributed by atoms with Gasteiger partial charge in [-0.25, -0.2) is 0 Å². The highest BCUT2D eigenvalue weighted by Gasteiger charge is 2.29. The molecule has 0 bridgehead atoms. The van der Waals surface area contributed by atoms with Crippen molar-refractivity contribution in [2.75, 3.05) is 32.4 Å². The number of carbonyl (C=O) groups is 1. The van der Waals surface area contributed by atoms with E-state index < -0.39 is 10.1 Å². The minimum absolute atomic E-state index is 0.0446. The zero-order valence-electron chi connectivity index (χ0n) is 15.1. The van der Waals surface area contributed by atoms with Gasteiger partial charge in [0.1, 0.15) is 5.75 Å². The molecule has 2 aliphatic heterocycles. The minimum Gasteiger partial charge on any atom is -0.383 e. The van der Waals surface area contributed by atoms with Gasteiger partial charge in [0.25, 0.3) is 0 Å². The van der Waals surface area contributed by atoms with Crippen LogP contribution >= 0.6 is 0 Å². The second-order valence-corrected chi connectivity index (χ2v) is 8.60. The molecule has 0 spiro atoms. The van der Waals surface area contributed by atoms with Crippen LogP contribution in [0.15, 0.2) is 30.3 Å². The Hall–Kier alpha value is -1.86. The van der Waals surface area contributed by atoms with E-state index in [9.17, 15) is 13.2 Å². The normalized spacial score (nSPS) is 21.6. The van der Waals surface area contributed by atoms with E-state index in [0.29, 0.717) is 6.04 Å². The molecule has 1 amide bonds. The van der Waals surface area contributed by atoms with Gasteiger partial charge < -0.3 is 14.0 Å². The summed E-state index contributed by atoms with van der Waals surface area (Å²) in [7, 11) is -3.53. The molecule has 1 atom stereocenters. The molecule has 0 radical (unpaired) electrons. The molecule has 1 aromatic carbocycles.